The minimum atomic E-state index is -3.00. The van der Waals surface area contributed by atoms with E-state index in [1.54, 1.807) is 11.8 Å². The lowest BCUT2D eigenvalue weighted by Gasteiger charge is -2.33. The smallest absolute Gasteiger partial charge is 0.239 e. The lowest BCUT2D eigenvalue weighted by Crippen LogP contribution is -2.53. The van der Waals surface area contributed by atoms with Gasteiger partial charge < -0.3 is 10.2 Å². The van der Waals surface area contributed by atoms with Crippen molar-refractivity contribution in [2.24, 2.45) is 0 Å². The second-order valence-electron chi connectivity index (χ2n) is 5.08. The highest BCUT2D eigenvalue weighted by molar-refractivity contribution is 7.91. The zero-order valence-electron chi connectivity index (χ0n) is 11.5. The topological polar surface area (TPSA) is 66.5 Å². The van der Waals surface area contributed by atoms with Gasteiger partial charge in [-0.15, -0.1) is 0 Å². The van der Waals surface area contributed by atoms with Gasteiger partial charge in [-0.3, -0.25) is 4.79 Å². The van der Waals surface area contributed by atoms with Crippen molar-refractivity contribution in [2.45, 2.75) is 45.7 Å². The molecule has 1 aliphatic rings. The number of hydrogen-bond donors (Lipinski definition) is 1. The van der Waals surface area contributed by atoms with Crippen LogP contribution in [0, 0.1) is 0 Å². The van der Waals surface area contributed by atoms with Crippen molar-refractivity contribution in [1.82, 2.24) is 10.2 Å². The Hall–Kier alpha value is -0.620. The Morgan fingerprint density at radius 3 is 2.67 bits per heavy atom. The van der Waals surface area contributed by atoms with Crippen molar-refractivity contribution in [3.63, 3.8) is 0 Å². The van der Waals surface area contributed by atoms with E-state index in [0.29, 0.717) is 13.1 Å². The third-order valence-corrected chi connectivity index (χ3v) is 4.86. The first-order chi connectivity index (χ1) is 8.35. The lowest BCUT2D eigenvalue weighted by atomic mass is 10.0. The number of likely N-dealkylation sites (tertiary alicyclic amines) is 1. The van der Waals surface area contributed by atoms with Gasteiger partial charge in [-0.25, -0.2) is 8.42 Å². The Bertz CT molecular complexity index is 379. The van der Waals surface area contributed by atoms with E-state index in [0.717, 1.165) is 12.8 Å². The first kappa shape index (κ1) is 15.4. The largest absolute Gasteiger partial charge is 0.340 e. The molecule has 0 radical (unpaired) electrons. The van der Waals surface area contributed by atoms with Gasteiger partial charge in [0.1, 0.15) is 0 Å². The SMILES string of the molecule is CCS(=O)(=O)CCN1CCCC(NC(C)C)C1=O. The maximum absolute atomic E-state index is 12.1. The first-order valence-electron chi connectivity index (χ1n) is 6.61. The highest BCUT2D eigenvalue weighted by atomic mass is 32.2. The Labute approximate surface area is 110 Å². The molecule has 0 aromatic heterocycles. The van der Waals surface area contributed by atoms with E-state index < -0.39 is 9.84 Å². The van der Waals surface area contributed by atoms with Gasteiger partial charge in [0.05, 0.1) is 11.8 Å². The van der Waals surface area contributed by atoms with Crippen LogP contribution in [0.3, 0.4) is 0 Å². The molecule has 0 aromatic carbocycles. The monoisotopic (exact) mass is 276 g/mol. The van der Waals surface area contributed by atoms with E-state index in [2.05, 4.69) is 5.32 Å². The minimum Gasteiger partial charge on any atom is -0.340 e. The number of carbonyl (C=O) groups excluding carboxylic acids is 1. The fraction of sp³-hybridized carbons (Fsp3) is 0.917. The zero-order chi connectivity index (χ0) is 13.8. The second-order valence-corrected chi connectivity index (χ2v) is 7.55. The maximum atomic E-state index is 12.1. The number of amides is 1. The predicted molar refractivity (Wildman–Crippen MR) is 72.2 cm³/mol. The van der Waals surface area contributed by atoms with Gasteiger partial charge in [0.15, 0.2) is 9.84 Å². The second kappa shape index (κ2) is 6.52. The third kappa shape index (κ3) is 4.57. The zero-order valence-corrected chi connectivity index (χ0v) is 12.3. The van der Waals surface area contributed by atoms with E-state index in [9.17, 15) is 13.2 Å². The predicted octanol–water partition coefficient (Wildman–Crippen LogP) is 0.410. The molecule has 0 aromatic rings. The number of nitrogens with one attached hydrogen (secondary N) is 1. The summed E-state index contributed by atoms with van der Waals surface area (Å²) in [5.41, 5.74) is 0. The molecule has 5 nitrogen and oxygen atoms in total. The van der Waals surface area contributed by atoms with Crippen LogP contribution in [0.1, 0.15) is 33.6 Å². The van der Waals surface area contributed by atoms with Gasteiger partial charge in [0.2, 0.25) is 5.91 Å². The molecule has 1 aliphatic heterocycles. The summed E-state index contributed by atoms with van der Waals surface area (Å²) in [6.07, 6.45) is 1.77. The number of sulfone groups is 1. The normalized spacial score (nSPS) is 21.7. The molecule has 18 heavy (non-hydrogen) atoms. The van der Waals surface area contributed by atoms with E-state index in [1.165, 1.54) is 0 Å². The van der Waals surface area contributed by atoms with Crippen LogP contribution in [0.5, 0.6) is 0 Å². The van der Waals surface area contributed by atoms with Crippen LogP contribution in [0.2, 0.25) is 0 Å². The number of nitrogens with zero attached hydrogens (tertiary/aromatic N) is 1. The quantitative estimate of drug-likeness (QED) is 0.763. The fourth-order valence-electron chi connectivity index (χ4n) is 2.11. The van der Waals surface area contributed by atoms with Crippen molar-refractivity contribution in [3.8, 4) is 0 Å². The number of carbonyl (C=O) groups is 1. The molecule has 106 valence electrons. The van der Waals surface area contributed by atoms with Crippen molar-refractivity contribution < 1.29 is 13.2 Å². The molecule has 1 saturated heterocycles. The van der Waals surface area contributed by atoms with Crippen molar-refractivity contribution in [2.75, 3.05) is 24.6 Å². The van der Waals surface area contributed by atoms with Crippen LogP contribution < -0.4 is 5.32 Å². The first-order valence-corrected chi connectivity index (χ1v) is 8.43. The summed E-state index contributed by atoms with van der Waals surface area (Å²) in [5, 5.41) is 3.23. The molecule has 1 fully saturated rings. The highest BCUT2D eigenvalue weighted by Crippen LogP contribution is 2.12. The summed E-state index contributed by atoms with van der Waals surface area (Å²) in [6.45, 7) is 6.65. The van der Waals surface area contributed by atoms with Crippen LogP contribution in [0.25, 0.3) is 0 Å². The van der Waals surface area contributed by atoms with E-state index >= 15 is 0 Å². The third-order valence-electron chi connectivity index (χ3n) is 3.18. The van der Waals surface area contributed by atoms with Crippen LogP contribution in [-0.2, 0) is 14.6 Å². The average Bonchev–Trinajstić information content (AvgIpc) is 2.30. The summed E-state index contributed by atoms with van der Waals surface area (Å²) in [6, 6.07) is 0.112. The van der Waals surface area contributed by atoms with Crippen LogP contribution in [-0.4, -0.2) is 55.9 Å². The standard InChI is InChI=1S/C12H24N2O3S/c1-4-18(16,17)9-8-14-7-5-6-11(12(14)15)13-10(2)3/h10-11,13H,4-9H2,1-3H3. The van der Waals surface area contributed by atoms with Gasteiger partial charge in [-0.1, -0.05) is 20.8 Å². The maximum Gasteiger partial charge on any atom is 0.239 e. The molecule has 0 bridgehead atoms. The number of hydrogen-bond acceptors (Lipinski definition) is 4. The van der Waals surface area contributed by atoms with E-state index in [-0.39, 0.29) is 29.5 Å². The molecule has 1 rings (SSSR count). The minimum absolute atomic E-state index is 0.0428. The van der Waals surface area contributed by atoms with Gasteiger partial charge in [-0.2, -0.15) is 0 Å². The summed E-state index contributed by atoms with van der Waals surface area (Å²) < 4.78 is 22.9. The molecule has 1 N–H and O–H groups in total. The molecular weight excluding hydrogens is 252 g/mol. The summed E-state index contributed by atoms with van der Waals surface area (Å²) in [4.78, 5) is 13.8. The van der Waals surface area contributed by atoms with Gasteiger partial charge in [-0.05, 0) is 12.8 Å². The van der Waals surface area contributed by atoms with Crippen molar-refractivity contribution >= 4 is 15.7 Å². The molecular formula is C12H24N2O3S. The highest BCUT2D eigenvalue weighted by Gasteiger charge is 2.29. The number of piperidine rings is 1. The Kier molecular flexibility index (Phi) is 5.59. The molecule has 1 atom stereocenters. The summed E-state index contributed by atoms with van der Waals surface area (Å²) in [7, 11) is -3.00. The Morgan fingerprint density at radius 2 is 2.11 bits per heavy atom. The molecule has 1 heterocycles. The summed E-state index contributed by atoms with van der Waals surface area (Å²) >= 11 is 0. The molecule has 0 aliphatic carbocycles. The van der Waals surface area contributed by atoms with E-state index in [4.69, 9.17) is 0 Å². The molecule has 1 unspecified atom stereocenters. The Balaban J connectivity index is 2.53. The van der Waals surface area contributed by atoms with Crippen molar-refractivity contribution in [3.05, 3.63) is 0 Å². The molecule has 6 heteroatoms. The van der Waals surface area contributed by atoms with Gasteiger partial charge in [0, 0.05) is 24.9 Å². The lowest BCUT2D eigenvalue weighted by molar-refractivity contribution is -0.135. The molecule has 0 saturated carbocycles. The van der Waals surface area contributed by atoms with Gasteiger partial charge in [0.25, 0.3) is 0 Å². The summed E-state index contributed by atoms with van der Waals surface area (Å²) in [5.74, 6) is 0.257. The van der Waals surface area contributed by atoms with Gasteiger partial charge >= 0.3 is 0 Å². The van der Waals surface area contributed by atoms with Crippen molar-refractivity contribution in [1.29, 1.82) is 0 Å². The average molecular weight is 276 g/mol. The van der Waals surface area contributed by atoms with E-state index in [1.807, 2.05) is 13.8 Å². The number of rotatable bonds is 6. The van der Waals surface area contributed by atoms with Crippen LogP contribution in [0.15, 0.2) is 0 Å². The van der Waals surface area contributed by atoms with Crippen LogP contribution in [0.4, 0.5) is 0 Å². The van der Waals surface area contributed by atoms with Crippen LogP contribution >= 0.6 is 0 Å². The molecule has 1 amide bonds. The Morgan fingerprint density at radius 1 is 1.44 bits per heavy atom. The fourth-order valence-corrected chi connectivity index (χ4v) is 2.90. The molecule has 0 spiro atoms.